The van der Waals surface area contributed by atoms with E-state index in [2.05, 4.69) is 35.5 Å². The van der Waals surface area contributed by atoms with Gasteiger partial charge in [-0.3, -0.25) is 4.55 Å². The number of carbonyl (C=O) groups excluding carboxylic acids is 1. The van der Waals surface area contributed by atoms with Crippen LogP contribution >= 0.6 is 0 Å². The minimum absolute atomic E-state index is 0.0888. The van der Waals surface area contributed by atoms with Gasteiger partial charge in [0.2, 0.25) is 0 Å². The second kappa shape index (κ2) is 17.5. The van der Waals surface area contributed by atoms with E-state index < -0.39 is 16.1 Å². The summed E-state index contributed by atoms with van der Waals surface area (Å²) in [5.74, 6) is -0.0413. The fraction of sp³-hybridized carbons (Fsp3) is 0.353. The summed E-state index contributed by atoms with van der Waals surface area (Å²) in [5, 5.41) is 2.53. The number of nitrogens with two attached hydrogens (primary N) is 1. The molecule has 0 aromatic heterocycles. The fourth-order valence-corrected chi connectivity index (χ4v) is 1.40. The molecule has 0 aliphatic rings. The van der Waals surface area contributed by atoms with Crippen LogP contribution in [0.25, 0.3) is 0 Å². The molecule has 26 heavy (non-hydrogen) atoms. The van der Waals surface area contributed by atoms with Crippen molar-refractivity contribution in [2.45, 2.75) is 13.8 Å². The second-order valence-corrected chi connectivity index (χ2v) is 5.79. The van der Waals surface area contributed by atoms with E-state index in [0.29, 0.717) is 5.76 Å². The third-order valence-corrected chi connectivity index (χ3v) is 3.04. The quantitative estimate of drug-likeness (QED) is 0.179. The van der Waals surface area contributed by atoms with E-state index in [1.807, 2.05) is 13.8 Å². The molecule has 0 atom stereocenters. The van der Waals surface area contributed by atoms with Crippen molar-refractivity contribution >= 4 is 16.1 Å². The maximum Gasteiger partial charge on any atom is 0.335 e. The topological polar surface area (TPSA) is 128 Å². The van der Waals surface area contributed by atoms with Crippen LogP contribution in [0.15, 0.2) is 61.3 Å². The van der Waals surface area contributed by atoms with Gasteiger partial charge in [-0.05, 0) is 39.1 Å². The molecular weight excluding hydrogens is 360 g/mol. The summed E-state index contributed by atoms with van der Waals surface area (Å²) < 4.78 is 38.1. The number of esters is 1. The number of methoxy groups -OCH3 is 1. The zero-order valence-corrected chi connectivity index (χ0v) is 16.6. The van der Waals surface area contributed by atoms with Gasteiger partial charge in [0.15, 0.2) is 5.88 Å². The Kier molecular flexibility index (Phi) is 19.1. The molecule has 0 amide bonds. The van der Waals surface area contributed by atoms with Crippen molar-refractivity contribution in [1.29, 1.82) is 0 Å². The molecule has 150 valence electrons. The summed E-state index contributed by atoms with van der Waals surface area (Å²) in [6, 6.07) is 0. The van der Waals surface area contributed by atoms with Crippen LogP contribution in [0.4, 0.5) is 0 Å². The van der Waals surface area contributed by atoms with Crippen LogP contribution in [0, 0.1) is 0 Å². The molecule has 4 N–H and O–H groups in total. The van der Waals surface area contributed by atoms with Crippen molar-refractivity contribution in [3.05, 3.63) is 61.3 Å². The molecule has 0 saturated heterocycles. The van der Waals surface area contributed by atoms with Gasteiger partial charge in [0.05, 0.1) is 12.9 Å². The lowest BCUT2D eigenvalue weighted by atomic mass is 10.2. The highest BCUT2D eigenvalue weighted by Crippen LogP contribution is 2.09. The van der Waals surface area contributed by atoms with Gasteiger partial charge in [-0.15, -0.1) is 0 Å². The summed E-state index contributed by atoms with van der Waals surface area (Å²) in [6.45, 7) is 14.0. The van der Waals surface area contributed by atoms with Gasteiger partial charge in [0, 0.05) is 12.6 Å². The predicted octanol–water partition coefficient (Wildman–Crippen LogP) is 1.91. The summed E-state index contributed by atoms with van der Waals surface area (Å²) in [4.78, 5) is 10.9. The minimum Gasteiger partial charge on any atom is -0.483 e. The molecule has 0 saturated carbocycles. The Morgan fingerprint density at radius 1 is 1.27 bits per heavy atom. The van der Waals surface area contributed by atoms with Gasteiger partial charge in [0.1, 0.15) is 5.76 Å². The molecule has 0 bridgehead atoms. The first-order valence-corrected chi connectivity index (χ1v) is 9.02. The van der Waals surface area contributed by atoms with Crippen LogP contribution in [-0.2, 0) is 24.4 Å². The number of carbonyl (C=O) groups is 1. The Morgan fingerprint density at radius 2 is 1.81 bits per heavy atom. The zero-order valence-electron chi connectivity index (χ0n) is 15.8. The van der Waals surface area contributed by atoms with Crippen molar-refractivity contribution in [3.63, 3.8) is 0 Å². The first-order chi connectivity index (χ1) is 12.1. The van der Waals surface area contributed by atoms with E-state index in [9.17, 15) is 13.2 Å². The Labute approximate surface area is 156 Å². The number of ether oxygens (including phenoxy) is 2. The SMILES string of the molecule is C=C(NCCS(=O)(=O)O)OC.C=CC(=O)OC(/C=C\C)=C(\C)C=C.CN. The molecule has 0 aromatic carbocycles. The van der Waals surface area contributed by atoms with E-state index in [-0.39, 0.29) is 18.2 Å². The van der Waals surface area contributed by atoms with Crippen molar-refractivity contribution in [1.82, 2.24) is 5.32 Å². The van der Waals surface area contributed by atoms with Gasteiger partial charge in [-0.1, -0.05) is 25.3 Å². The van der Waals surface area contributed by atoms with Gasteiger partial charge < -0.3 is 20.5 Å². The van der Waals surface area contributed by atoms with Gasteiger partial charge in [-0.25, -0.2) is 4.79 Å². The van der Waals surface area contributed by atoms with Crippen LogP contribution in [0.1, 0.15) is 13.8 Å². The molecule has 0 aliphatic heterocycles. The molecule has 0 heterocycles. The smallest absolute Gasteiger partial charge is 0.335 e. The zero-order chi connectivity index (χ0) is 21.2. The van der Waals surface area contributed by atoms with Crippen molar-refractivity contribution in [3.8, 4) is 0 Å². The molecular formula is C17H30N2O6S. The monoisotopic (exact) mass is 390 g/mol. The summed E-state index contributed by atoms with van der Waals surface area (Å²) in [6.07, 6.45) is 6.25. The third-order valence-electron chi connectivity index (χ3n) is 2.32. The largest absolute Gasteiger partial charge is 0.483 e. The first-order valence-electron chi connectivity index (χ1n) is 7.41. The van der Waals surface area contributed by atoms with Gasteiger partial charge in [-0.2, -0.15) is 8.42 Å². The Bertz CT molecular complexity index is 607. The fourth-order valence-electron chi connectivity index (χ4n) is 1.04. The molecule has 0 rings (SSSR count). The maximum absolute atomic E-state index is 10.9. The van der Waals surface area contributed by atoms with E-state index in [1.165, 1.54) is 14.2 Å². The number of nitrogens with one attached hydrogen (secondary N) is 1. The highest BCUT2D eigenvalue weighted by atomic mass is 32.2. The highest BCUT2D eigenvalue weighted by Gasteiger charge is 2.03. The van der Waals surface area contributed by atoms with Crippen molar-refractivity contribution < 1.29 is 27.2 Å². The van der Waals surface area contributed by atoms with E-state index in [0.717, 1.165) is 11.6 Å². The van der Waals surface area contributed by atoms with E-state index in [4.69, 9.17) is 9.29 Å². The van der Waals surface area contributed by atoms with E-state index in [1.54, 1.807) is 18.2 Å². The average molecular weight is 391 g/mol. The normalized spacial score (nSPS) is 10.8. The molecule has 0 radical (unpaired) electrons. The standard InChI is InChI=1S/C11H14O2.C5H11NO4S.CH5N/c1-5-8-10(9(4)6-2)13-11(12)7-3;1-5(10-2)6-3-4-11(7,8)9;1-2/h5-8H,2-3H2,1,4H3;6H,1,3-4H2,2H3,(H,7,8,9);2H2,1H3/b8-5-,10-9+;;. The highest BCUT2D eigenvalue weighted by molar-refractivity contribution is 7.85. The Morgan fingerprint density at radius 3 is 2.15 bits per heavy atom. The van der Waals surface area contributed by atoms with Gasteiger partial charge >= 0.3 is 5.97 Å². The summed E-state index contributed by atoms with van der Waals surface area (Å²) in [7, 11) is -0.982. The van der Waals surface area contributed by atoms with Crippen LogP contribution in [0.5, 0.6) is 0 Å². The lowest BCUT2D eigenvalue weighted by Crippen LogP contribution is -2.22. The van der Waals surface area contributed by atoms with Crippen molar-refractivity contribution in [2.75, 3.05) is 26.5 Å². The molecule has 8 nitrogen and oxygen atoms in total. The van der Waals surface area contributed by atoms with E-state index >= 15 is 0 Å². The molecule has 0 fully saturated rings. The number of rotatable bonds is 9. The second-order valence-electron chi connectivity index (χ2n) is 4.22. The first kappa shape index (κ1) is 28.4. The van der Waals surface area contributed by atoms with Crippen LogP contribution in [-0.4, -0.2) is 45.4 Å². The minimum atomic E-state index is -3.89. The van der Waals surface area contributed by atoms with Crippen LogP contribution < -0.4 is 11.1 Å². The Balaban J connectivity index is -0.000000375. The molecule has 0 aromatic rings. The molecule has 0 unspecified atom stereocenters. The lowest BCUT2D eigenvalue weighted by Gasteiger charge is -2.05. The summed E-state index contributed by atoms with van der Waals surface area (Å²) in [5.41, 5.74) is 5.31. The van der Waals surface area contributed by atoms with Crippen LogP contribution in [0.2, 0.25) is 0 Å². The summed E-state index contributed by atoms with van der Waals surface area (Å²) >= 11 is 0. The average Bonchev–Trinajstić information content (AvgIpc) is 2.61. The van der Waals surface area contributed by atoms with Crippen LogP contribution in [0.3, 0.4) is 0 Å². The number of hydrogen-bond acceptors (Lipinski definition) is 7. The maximum atomic E-state index is 10.9. The number of hydrogen-bond donors (Lipinski definition) is 3. The van der Waals surface area contributed by atoms with Gasteiger partial charge in [0.25, 0.3) is 10.1 Å². The Hall–Kier alpha value is -2.36. The molecule has 0 spiro atoms. The molecule has 9 heteroatoms. The number of allylic oxidation sites excluding steroid dienone is 4. The molecule has 0 aliphatic carbocycles. The van der Waals surface area contributed by atoms with Crippen molar-refractivity contribution in [2.24, 2.45) is 5.73 Å². The lowest BCUT2D eigenvalue weighted by molar-refractivity contribution is -0.133. The predicted molar refractivity (Wildman–Crippen MR) is 105 cm³/mol. The third kappa shape index (κ3) is 19.7.